The third-order valence-electron chi connectivity index (χ3n) is 3.39. The Morgan fingerprint density at radius 1 is 1.40 bits per heavy atom. The first kappa shape index (κ1) is 12.5. The van der Waals surface area contributed by atoms with Gasteiger partial charge >= 0.3 is 5.97 Å². The normalized spacial score (nSPS) is 31.5. The quantitative estimate of drug-likeness (QED) is 0.752. The van der Waals surface area contributed by atoms with Crippen molar-refractivity contribution in [2.75, 3.05) is 26.7 Å². The zero-order chi connectivity index (χ0) is 11.6. The number of carbonyl (C=O) groups is 1. The molecule has 0 aromatic heterocycles. The average molecular weight is 214 g/mol. The van der Waals surface area contributed by atoms with Crippen LogP contribution >= 0.6 is 0 Å². The fourth-order valence-corrected chi connectivity index (χ4v) is 2.13. The van der Waals surface area contributed by atoms with Gasteiger partial charge in [-0.1, -0.05) is 6.92 Å². The molecule has 1 N–H and O–H groups in total. The van der Waals surface area contributed by atoms with Gasteiger partial charge in [0.2, 0.25) is 0 Å². The van der Waals surface area contributed by atoms with Crippen LogP contribution in [0.25, 0.3) is 0 Å². The summed E-state index contributed by atoms with van der Waals surface area (Å²) in [6.07, 6.45) is 0. The summed E-state index contributed by atoms with van der Waals surface area (Å²) in [5.41, 5.74) is 0. The van der Waals surface area contributed by atoms with Gasteiger partial charge in [-0.2, -0.15) is 0 Å². The molecule has 0 aliphatic carbocycles. The maximum Gasteiger partial charge on any atom is 0.307 e. The number of carboxylic acids is 1. The van der Waals surface area contributed by atoms with Crippen molar-refractivity contribution < 1.29 is 9.90 Å². The van der Waals surface area contributed by atoms with Gasteiger partial charge in [-0.05, 0) is 20.9 Å². The van der Waals surface area contributed by atoms with E-state index in [4.69, 9.17) is 5.11 Å². The first-order chi connectivity index (χ1) is 6.91. The van der Waals surface area contributed by atoms with Gasteiger partial charge < -0.3 is 5.11 Å². The van der Waals surface area contributed by atoms with Crippen LogP contribution in [0.15, 0.2) is 0 Å². The van der Waals surface area contributed by atoms with Gasteiger partial charge in [0, 0.05) is 31.7 Å². The van der Waals surface area contributed by atoms with E-state index in [1.54, 1.807) is 6.92 Å². The molecule has 0 aromatic rings. The lowest BCUT2D eigenvalue weighted by atomic mass is 10.1. The summed E-state index contributed by atoms with van der Waals surface area (Å²) < 4.78 is 0. The van der Waals surface area contributed by atoms with E-state index in [0.717, 1.165) is 13.1 Å². The molecule has 0 aromatic carbocycles. The number of likely N-dealkylation sites (N-methyl/N-ethyl adjacent to an activating group) is 1. The lowest BCUT2D eigenvalue weighted by Crippen LogP contribution is -2.55. The maximum atomic E-state index is 10.8. The Balaban J connectivity index is 2.48. The Bertz CT molecular complexity index is 221. The zero-order valence-corrected chi connectivity index (χ0v) is 10.1. The highest BCUT2D eigenvalue weighted by Gasteiger charge is 2.28. The third-order valence-corrected chi connectivity index (χ3v) is 3.39. The second-order valence-corrected chi connectivity index (χ2v) is 4.82. The predicted molar refractivity (Wildman–Crippen MR) is 59.9 cm³/mol. The summed E-state index contributed by atoms with van der Waals surface area (Å²) in [6.45, 7) is 8.76. The van der Waals surface area contributed by atoms with E-state index in [2.05, 4.69) is 30.7 Å². The van der Waals surface area contributed by atoms with Crippen molar-refractivity contribution in [3.05, 3.63) is 0 Å². The molecule has 88 valence electrons. The van der Waals surface area contributed by atoms with E-state index in [9.17, 15) is 4.79 Å². The van der Waals surface area contributed by atoms with Crippen LogP contribution in [0.4, 0.5) is 0 Å². The van der Waals surface area contributed by atoms with Crippen molar-refractivity contribution in [2.24, 2.45) is 5.92 Å². The lowest BCUT2D eigenvalue weighted by molar-refractivity contribution is -0.142. The number of aliphatic carboxylic acids is 1. The van der Waals surface area contributed by atoms with Crippen LogP contribution in [0.1, 0.15) is 20.8 Å². The number of piperazine rings is 1. The first-order valence-electron chi connectivity index (χ1n) is 5.59. The van der Waals surface area contributed by atoms with Gasteiger partial charge in [-0.25, -0.2) is 0 Å². The van der Waals surface area contributed by atoms with Crippen molar-refractivity contribution in [3.8, 4) is 0 Å². The van der Waals surface area contributed by atoms with E-state index >= 15 is 0 Å². The van der Waals surface area contributed by atoms with Crippen LogP contribution in [0.3, 0.4) is 0 Å². The van der Waals surface area contributed by atoms with Crippen LogP contribution in [-0.2, 0) is 4.79 Å². The minimum Gasteiger partial charge on any atom is -0.481 e. The Morgan fingerprint density at radius 3 is 2.27 bits per heavy atom. The summed E-state index contributed by atoms with van der Waals surface area (Å²) in [7, 11) is 2.13. The van der Waals surface area contributed by atoms with Crippen molar-refractivity contribution >= 4 is 5.97 Å². The molecule has 0 bridgehead atoms. The minimum atomic E-state index is -0.700. The molecular formula is C11H22N2O2. The van der Waals surface area contributed by atoms with E-state index in [-0.39, 0.29) is 5.92 Å². The SMILES string of the molecule is CC(CN1CC(C)N(C)C(C)C1)C(=O)O. The van der Waals surface area contributed by atoms with Gasteiger partial charge in [0.1, 0.15) is 0 Å². The average Bonchev–Trinajstić information content (AvgIpc) is 2.13. The molecule has 4 heteroatoms. The fourth-order valence-electron chi connectivity index (χ4n) is 2.13. The highest BCUT2D eigenvalue weighted by atomic mass is 16.4. The fraction of sp³-hybridized carbons (Fsp3) is 0.909. The molecule has 3 unspecified atom stereocenters. The molecule has 0 amide bonds. The Hall–Kier alpha value is -0.610. The molecule has 1 aliphatic rings. The van der Waals surface area contributed by atoms with Crippen LogP contribution in [0, 0.1) is 5.92 Å². The summed E-state index contributed by atoms with van der Waals surface area (Å²) in [6, 6.07) is 1.02. The Morgan fingerprint density at radius 2 is 1.87 bits per heavy atom. The molecule has 0 spiro atoms. The predicted octanol–water partition coefficient (Wildman–Crippen LogP) is 0.731. The van der Waals surface area contributed by atoms with Gasteiger partial charge in [0.25, 0.3) is 0 Å². The topological polar surface area (TPSA) is 43.8 Å². The largest absolute Gasteiger partial charge is 0.481 e. The van der Waals surface area contributed by atoms with Crippen molar-refractivity contribution in [1.29, 1.82) is 0 Å². The van der Waals surface area contributed by atoms with Crippen molar-refractivity contribution in [2.45, 2.75) is 32.9 Å². The second kappa shape index (κ2) is 4.94. The number of nitrogens with zero attached hydrogens (tertiary/aromatic N) is 2. The number of hydrogen-bond acceptors (Lipinski definition) is 3. The smallest absolute Gasteiger partial charge is 0.307 e. The molecule has 3 atom stereocenters. The molecule has 1 fully saturated rings. The van der Waals surface area contributed by atoms with Crippen molar-refractivity contribution in [1.82, 2.24) is 9.80 Å². The van der Waals surface area contributed by atoms with Gasteiger partial charge in [-0.15, -0.1) is 0 Å². The molecule has 0 radical (unpaired) electrons. The van der Waals surface area contributed by atoms with E-state index in [0.29, 0.717) is 18.6 Å². The van der Waals surface area contributed by atoms with Gasteiger partial charge in [0.15, 0.2) is 0 Å². The molecular weight excluding hydrogens is 192 g/mol. The summed E-state index contributed by atoms with van der Waals surface area (Å²) in [5, 5.41) is 8.86. The van der Waals surface area contributed by atoms with E-state index in [1.165, 1.54) is 0 Å². The number of carboxylic acid groups (broad SMARTS) is 1. The molecule has 4 nitrogen and oxygen atoms in total. The first-order valence-corrected chi connectivity index (χ1v) is 5.59. The zero-order valence-electron chi connectivity index (χ0n) is 10.1. The third kappa shape index (κ3) is 3.18. The van der Waals surface area contributed by atoms with Crippen LogP contribution in [0.5, 0.6) is 0 Å². The molecule has 1 aliphatic heterocycles. The van der Waals surface area contributed by atoms with E-state index < -0.39 is 5.97 Å². The van der Waals surface area contributed by atoms with Gasteiger partial charge in [0.05, 0.1) is 5.92 Å². The van der Waals surface area contributed by atoms with Crippen molar-refractivity contribution in [3.63, 3.8) is 0 Å². The van der Waals surface area contributed by atoms with Crippen LogP contribution in [-0.4, -0.2) is 59.6 Å². The Kier molecular flexibility index (Phi) is 4.11. The lowest BCUT2D eigenvalue weighted by Gasteiger charge is -2.42. The standard InChI is InChI=1S/C11H22N2O2/c1-8(11(14)15)5-13-6-9(2)12(4)10(3)7-13/h8-10H,5-7H2,1-4H3,(H,14,15). The van der Waals surface area contributed by atoms with Crippen LogP contribution in [0.2, 0.25) is 0 Å². The second-order valence-electron chi connectivity index (χ2n) is 4.82. The molecule has 0 saturated carbocycles. The highest BCUT2D eigenvalue weighted by Crippen LogP contribution is 2.14. The molecule has 1 heterocycles. The Labute approximate surface area is 91.9 Å². The summed E-state index contributed by atoms with van der Waals surface area (Å²) in [4.78, 5) is 15.4. The number of hydrogen-bond donors (Lipinski definition) is 1. The van der Waals surface area contributed by atoms with E-state index in [1.807, 2.05) is 0 Å². The summed E-state index contributed by atoms with van der Waals surface area (Å²) in [5.74, 6) is -0.970. The highest BCUT2D eigenvalue weighted by molar-refractivity contribution is 5.69. The monoisotopic (exact) mass is 214 g/mol. The minimum absolute atomic E-state index is 0.271. The molecule has 1 saturated heterocycles. The maximum absolute atomic E-state index is 10.8. The molecule has 15 heavy (non-hydrogen) atoms. The van der Waals surface area contributed by atoms with Crippen LogP contribution < -0.4 is 0 Å². The number of rotatable bonds is 3. The summed E-state index contributed by atoms with van der Waals surface area (Å²) >= 11 is 0. The van der Waals surface area contributed by atoms with Gasteiger partial charge in [-0.3, -0.25) is 14.6 Å². The molecule has 1 rings (SSSR count).